The molecule has 0 saturated carbocycles. The number of para-hydroxylation sites is 1. The first-order chi connectivity index (χ1) is 17.2. The van der Waals surface area contributed by atoms with Crippen molar-refractivity contribution < 1.29 is 14.3 Å². The first-order valence-corrected chi connectivity index (χ1v) is 12.7. The van der Waals surface area contributed by atoms with Crippen LogP contribution in [0.2, 0.25) is 0 Å². The fourth-order valence-electron chi connectivity index (χ4n) is 3.98. The molecule has 4 aromatic carbocycles. The molecular weight excluding hydrogens is 456 g/mol. The first-order valence-electron chi connectivity index (χ1n) is 11.5. The van der Waals surface area contributed by atoms with Gasteiger partial charge in [-0.05, 0) is 78.5 Å². The molecule has 0 spiro atoms. The van der Waals surface area contributed by atoms with Gasteiger partial charge < -0.3 is 19.7 Å². The molecule has 176 valence electrons. The van der Waals surface area contributed by atoms with Gasteiger partial charge in [0, 0.05) is 22.7 Å². The Morgan fingerprint density at radius 2 is 1.69 bits per heavy atom. The standard InChI is InChI=1S/C29H26N2O3S/c1-35-26-14-7-21(8-15-26)20-30-29(32)22-9-16-27-28(19-22)33-18-17-31(27)23-10-12-25(13-11-23)34-24-5-3-2-4-6-24/h2-16,19H,17-18,20H2,1H3,(H,30,32). The number of fused-ring (bicyclic) bond motifs is 1. The second-order valence-electron chi connectivity index (χ2n) is 8.12. The Balaban J connectivity index is 1.27. The van der Waals surface area contributed by atoms with Crippen molar-refractivity contribution in [1.29, 1.82) is 0 Å². The average Bonchev–Trinajstić information content (AvgIpc) is 2.92. The molecule has 1 aliphatic rings. The van der Waals surface area contributed by atoms with Gasteiger partial charge in [0.15, 0.2) is 0 Å². The lowest BCUT2D eigenvalue weighted by molar-refractivity contribution is 0.0950. The highest BCUT2D eigenvalue weighted by Gasteiger charge is 2.21. The summed E-state index contributed by atoms with van der Waals surface area (Å²) < 4.78 is 11.8. The molecule has 5 rings (SSSR count). The molecule has 0 atom stereocenters. The molecule has 5 nitrogen and oxygen atoms in total. The second-order valence-corrected chi connectivity index (χ2v) is 9.00. The zero-order valence-corrected chi connectivity index (χ0v) is 20.3. The molecule has 0 radical (unpaired) electrons. The lowest BCUT2D eigenvalue weighted by Crippen LogP contribution is -2.29. The number of thioether (sulfide) groups is 1. The Morgan fingerprint density at radius 3 is 2.43 bits per heavy atom. The number of nitrogens with one attached hydrogen (secondary N) is 1. The van der Waals surface area contributed by atoms with Gasteiger partial charge in [-0.1, -0.05) is 30.3 Å². The van der Waals surface area contributed by atoms with Crippen LogP contribution >= 0.6 is 11.8 Å². The van der Waals surface area contributed by atoms with Crippen molar-refractivity contribution in [2.24, 2.45) is 0 Å². The molecule has 0 aromatic heterocycles. The third kappa shape index (κ3) is 5.44. The van der Waals surface area contributed by atoms with Crippen LogP contribution in [0.4, 0.5) is 11.4 Å². The van der Waals surface area contributed by atoms with Crippen LogP contribution in [0.5, 0.6) is 17.2 Å². The number of hydrogen-bond acceptors (Lipinski definition) is 5. The van der Waals surface area contributed by atoms with Gasteiger partial charge in [0.1, 0.15) is 23.9 Å². The SMILES string of the molecule is CSc1ccc(CNC(=O)c2ccc3c(c2)OCCN3c2ccc(Oc3ccccc3)cc2)cc1. The Labute approximate surface area is 209 Å². The summed E-state index contributed by atoms with van der Waals surface area (Å²) in [6.07, 6.45) is 2.05. The summed E-state index contributed by atoms with van der Waals surface area (Å²) in [7, 11) is 0. The number of carbonyl (C=O) groups excluding carboxylic acids is 1. The number of anilines is 2. The van der Waals surface area contributed by atoms with Crippen molar-refractivity contribution in [1.82, 2.24) is 5.32 Å². The smallest absolute Gasteiger partial charge is 0.251 e. The Bertz CT molecular complexity index is 1290. The summed E-state index contributed by atoms with van der Waals surface area (Å²) in [5, 5.41) is 3.00. The normalized spacial score (nSPS) is 12.4. The van der Waals surface area contributed by atoms with E-state index in [2.05, 4.69) is 22.3 Å². The maximum Gasteiger partial charge on any atom is 0.251 e. The number of ether oxygens (including phenoxy) is 2. The monoisotopic (exact) mass is 482 g/mol. The van der Waals surface area contributed by atoms with Crippen LogP contribution in [0.15, 0.2) is 102 Å². The Morgan fingerprint density at radius 1 is 0.943 bits per heavy atom. The van der Waals surface area contributed by atoms with Crippen LogP contribution in [0.25, 0.3) is 0 Å². The van der Waals surface area contributed by atoms with Crippen LogP contribution in [-0.2, 0) is 6.54 Å². The van der Waals surface area contributed by atoms with Gasteiger partial charge in [0.25, 0.3) is 5.91 Å². The predicted molar refractivity (Wildman–Crippen MR) is 141 cm³/mol. The van der Waals surface area contributed by atoms with Crippen molar-refractivity contribution in [2.45, 2.75) is 11.4 Å². The van der Waals surface area contributed by atoms with Crippen molar-refractivity contribution in [3.8, 4) is 17.2 Å². The molecule has 6 heteroatoms. The van der Waals surface area contributed by atoms with Crippen LogP contribution < -0.4 is 19.7 Å². The van der Waals surface area contributed by atoms with Gasteiger partial charge in [-0.15, -0.1) is 11.8 Å². The summed E-state index contributed by atoms with van der Waals surface area (Å²) in [6, 6.07) is 31.5. The van der Waals surface area contributed by atoms with Gasteiger partial charge in [-0.25, -0.2) is 0 Å². The van der Waals surface area contributed by atoms with E-state index in [1.807, 2.05) is 91.2 Å². The average molecular weight is 483 g/mol. The van der Waals surface area contributed by atoms with E-state index in [1.54, 1.807) is 11.8 Å². The second kappa shape index (κ2) is 10.6. The highest BCUT2D eigenvalue weighted by atomic mass is 32.2. The number of benzene rings is 4. The zero-order chi connectivity index (χ0) is 24.0. The number of amides is 1. The van der Waals surface area contributed by atoms with E-state index in [1.165, 1.54) is 4.90 Å². The quantitative estimate of drug-likeness (QED) is 0.299. The van der Waals surface area contributed by atoms with Gasteiger partial charge in [-0.2, -0.15) is 0 Å². The van der Waals surface area contributed by atoms with Crippen LogP contribution in [-0.4, -0.2) is 25.3 Å². The lowest BCUT2D eigenvalue weighted by Gasteiger charge is -2.31. The molecule has 0 aliphatic carbocycles. The number of carbonyl (C=O) groups is 1. The van der Waals surface area contributed by atoms with Crippen molar-refractivity contribution in [3.05, 3.63) is 108 Å². The summed E-state index contributed by atoms with van der Waals surface area (Å²) >= 11 is 1.70. The molecule has 0 unspecified atom stereocenters. The van der Waals surface area contributed by atoms with E-state index in [0.717, 1.165) is 35.0 Å². The third-order valence-corrected chi connectivity index (χ3v) is 6.57. The largest absolute Gasteiger partial charge is 0.490 e. The molecule has 0 fully saturated rings. The highest BCUT2D eigenvalue weighted by molar-refractivity contribution is 7.98. The van der Waals surface area contributed by atoms with E-state index in [0.29, 0.717) is 24.5 Å². The van der Waals surface area contributed by atoms with E-state index >= 15 is 0 Å². The maximum atomic E-state index is 12.8. The first kappa shape index (κ1) is 22.9. The van der Waals surface area contributed by atoms with Gasteiger partial charge >= 0.3 is 0 Å². The number of rotatable bonds is 7. The fourth-order valence-corrected chi connectivity index (χ4v) is 4.38. The summed E-state index contributed by atoms with van der Waals surface area (Å²) in [6.45, 7) is 1.75. The molecular formula is C29H26N2O3S. The lowest BCUT2D eigenvalue weighted by atomic mass is 10.1. The molecule has 1 heterocycles. The molecule has 35 heavy (non-hydrogen) atoms. The van der Waals surface area contributed by atoms with Crippen LogP contribution in [0, 0.1) is 0 Å². The fraction of sp³-hybridized carbons (Fsp3) is 0.138. The summed E-state index contributed by atoms with van der Waals surface area (Å²) in [5.74, 6) is 2.17. The maximum absolute atomic E-state index is 12.8. The number of nitrogens with zero attached hydrogens (tertiary/aromatic N) is 1. The molecule has 1 amide bonds. The molecule has 0 bridgehead atoms. The van der Waals surface area contributed by atoms with Crippen molar-refractivity contribution in [2.75, 3.05) is 24.3 Å². The molecule has 1 aliphatic heterocycles. The van der Waals surface area contributed by atoms with Crippen LogP contribution in [0.1, 0.15) is 15.9 Å². The summed E-state index contributed by atoms with van der Waals surface area (Å²) in [5.41, 5.74) is 3.63. The van der Waals surface area contributed by atoms with Gasteiger partial charge in [-0.3, -0.25) is 4.79 Å². The van der Waals surface area contributed by atoms with Crippen molar-refractivity contribution in [3.63, 3.8) is 0 Å². The van der Waals surface area contributed by atoms with E-state index in [9.17, 15) is 4.79 Å². The Kier molecular flexibility index (Phi) is 6.91. The Hall–Kier alpha value is -3.90. The van der Waals surface area contributed by atoms with E-state index < -0.39 is 0 Å². The van der Waals surface area contributed by atoms with Crippen molar-refractivity contribution >= 4 is 29.0 Å². The zero-order valence-electron chi connectivity index (χ0n) is 19.4. The molecule has 1 N–H and O–H groups in total. The predicted octanol–water partition coefficient (Wildman–Crippen LogP) is 6.66. The van der Waals surface area contributed by atoms with E-state index in [-0.39, 0.29) is 5.91 Å². The number of hydrogen-bond donors (Lipinski definition) is 1. The topological polar surface area (TPSA) is 50.8 Å². The minimum absolute atomic E-state index is 0.120. The minimum atomic E-state index is -0.120. The third-order valence-electron chi connectivity index (χ3n) is 5.82. The molecule has 0 saturated heterocycles. The van der Waals surface area contributed by atoms with E-state index in [4.69, 9.17) is 9.47 Å². The molecule has 4 aromatic rings. The van der Waals surface area contributed by atoms with Crippen LogP contribution in [0.3, 0.4) is 0 Å². The summed E-state index contributed by atoms with van der Waals surface area (Å²) in [4.78, 5) is 16.2. The van der Waals surface area contributed by atoms with Gasteiger partial charge in [0.05, 0.1) is 12.2 Å². The van der Waals surface area contributed by atoms with Gasteiger partial charge in [0.2, 0.25) is 0 Å². The minimum Gasteiger partial charge on any atom is -0.490 e. The highest BCUT2D eigenvalue weighted by Crippen LogP contribution is 2.38.